The van der Waals surface area contributed by atoms with Crippen molar-refractivity contribution in [2.24, 2.45) is 0 Å². The zero-order valence-electron chi connectivity index (χ0n) is 21.4. The fourth-order valence-electron chi connectivity index (χ4n) is 5.52. The molecule has 2 aliphatic heterocycles. The molecule has 2 aliphatic rings. The van der Waals surface area contributed by atoms with Crippen molar-refractivity contribution in [2.75, 3.05) is 44.8 Å². The number of rotatable bonds is 8. The number of amides is 1. The molecule has 2 fully saturated rings. The van der Waals surface area contributed by atoms with Gasteiger partial charge in [0.1, 0.15) is 5.75 Å². The van der Waals surface area contributed by atoms with Crippen LogP contribution in [0.2, 0.25) is 0 Å². The molecule has 190 valence electrons. The molecule has 1 amide bonds. The second kappa shape index (κ2) is 11.3. The molecule has 0 bridgehead atoms. The van der Waals surface area contributed by atoms with Gasteiger partial charge in [-0.15, -0.1) is 0 Å². The average molecular weight is 484 g/mol. The van der Waals surface area contributed by atoms with E-state index in [4.69, 9.17) is 9.47 Å². The Morgan fingerprint density at radius 2 is 1.94 bits per heavy atom. The predicted molar refractivity (Wildman–Crippen MR) is 137 cm³/mol. The van der Waals surface area contributed by atoms with Gasteiger partial charge in [0.15, 0.2) is 11.6 Å². The lowest BCUT2D eigenvalue weighted by Crippen LogP contribution is -2.56. The van der Waals surface area contributed by atoms with Crippen LogP contribution in [0.25, 0.3) is 0 Å². The smallest absolute Gasteiger partial charge is 0.216 e. The number of nitrogens with zero attached hydrogens (tertiary/aromatic N) is 2. The summed E-state index contributed by atoms with van der Waals surface area (Å²) in [4.78, 5) is 16.1. The minimum absolute atomic E-state index is 0.00890. The molecule has 2 aromatic carbocycles. The van der Waals surface area contributed by atoms with Crippen LogP contribution >= 0.6 is 0 Å². The van der Waals surface area contributed by atoms with Crippen molar-refractivity contribution in [3.63, 3.8) is 0 Å². The molecule has 7 heteroatoms. The number of halogens is 1. The average Bonchev–Trinajstić information content (AvgIpc) is 2.86. The molecule has 0 aromatic heterocycles. The number of piperazine rings is 1. The molecule has 0 saturated carbocycles. The van der Waals surface area contributed by atoms with E-state index in [0.29, 0.717) is 31.0 Å². The highest BCUT2D eigenvalue weighted by Crippen LogP contribution is 2.40. The highest BCUT2D eigenvalue weighted by Gasteiger charge is 2.36. The van der Waals surface area contributed by atoms with Gasteiger partial charge in [-0.25, -0.2) is 4.39 Å². The Bertz CT molecular complexity index is 1040. The van der Waals surface area contributed by atoms with Gasteiger partial charge < -0.3 is 19.7 Å². The second-order valence-electron chi connectivity index (χ2n) is 9.69. The third kappa shape index (κ3) is 5.72. The number of fused-ring (bicyclic) bond motifs is 1. The number of methoxy groups -OCH3 is 1. The van der Waals surface area contributed by atoms with E-state index >= 15 is 0 Å². The number of piperidine rings is 1. The molecule has 1 unspecified atom stereocenters. The lowest BCUT2D eigenvalue weighted by atomic mass is 9.86. The fourth-order valence-corrected chi connectivity index (χ4v) is 5.52. The summed E-state index contributed by atoms with van der Waals surface area (Å²) >= 11 is 0. The van der Waals surface area contributed by atoms with Gasteiger partial charge in [-0.3, -0.25) is 9.69 Å². The summed E-state index contributed by atoms with van der Waals surface area (Å²) in [6, 6.07) is 10.4. The first-order valence-electron chi connectivity index (χ1n) is 12.7. The Morgan fingerprint density at radius 1 is 1.11 bits per heavy atom. The van der Waals surface area contributed by atoms with Gasteiger partial charge >= 0.3 is 0 Å². The van der Waals surface area contributed by atoms with E-state index in [1.807, 2.05) is 12.1 Å². The first kappa shape index (κ1) is 25.3. The molecule has 1 N–H and O–H groups in total. The minimum Gasteiger partial charge on any atom is -0.494 e. The largest absolute Gasteiger partial charge is 0.494 e. The summed E-state index contributed by atoms with van der Waals surface area (Å²) in [7, 11) is 1.51. The summed E-state index contributed by atoms with van der Waals surface area (Å²) in [5, 5.41) is 2.81. The van der Waals surface area contributed by atoms with Crippen LogP contribution in [0.3, 0.4) is 0 Å². The number of nitrogens with one attached hydrogen (secondary N) is 1. The molecule has 2 atom stereocenters. The second-order valence-corrected chi connectivity index (χ2v) is 9.69. The fraction of sp³-hybridized carbons (Fsp3) is 0.536. The van der Waals surface area contributed by atoms with E-state index in [2.05, 4.69) is 41.1 Å². The highest BCUT2D eigenvalue weighted by atomic mass is 19.1. The molecule has 2 heterocycles. The topological polar surface area (TPSA) is 54.0 Å². The summed E-state index contributed by atoms with van der Waals surface area (Å²) in [6.07, 6.45) is 4.33. The molecule has 35 heavy (non-hydrogen) atoms. The van der Waals surface area contributed by atoms with E-state index < -0.39 is 0 Å². The van der Waals surface area contributed by atoms with Gasteiger partial charge in [0.25, 0.3) is 0 Å². The molecule has 2 saturated heterocycles. The number of ether oxygens (including phenoxy) is 2. The van der Waals surface area contributed by atoms with Crippen LogP contribution < -0.4 is 19.7 Å². The number of anilines is 1. The third-order valence-corrected chi connectivity index (χ3v) is 7.53. The van der Waals surface area contributed by atoms with Crippen LogP contribution in [-0.2, 0) is 4.79 Å². The normalized spacial score (nSPS) is 20.3. The molecular weight excluding hydrogens is 445 g/mol. The van der Waals surface area contributed by atoms with Crippen LogP contribution in [0.4, 0.5) is 10.1 Å². The third-order valence-electron chi connectivity index (χ3n) is 7.53. The highest BCUT2D eigenvalue weighted by molar-refractivity contribution is 5.72. The predicted octanol–water partition coefficient (Wildman–Crippen LogP) is 4.77. The van der Waals surface area contributed by atoms with E-state index in [0.717, 1.165) is 43.9 Å². The molecule has 0 radical (unpaired) electrons. The van der Waals surface area contributed by atoms with Crippen molar-refractivity contribution < 1.29 is 18.7 Å². The maximum Gasteiger partial charge on any atom is 0.216 e. The van der Waals surface area contributed by atoms with Crippen molar-refractivity contribution in [2.45, 2.75) is 58.5 Å². The zero-order chi connectivity index (χ0) is 24.9. The van der Waals surface area contributed by atoms with Crippen LogP contribution in [0.1, 0.15) is 55.3 Å². The van der Waals surface area contributed by atoms with E-state index in [-0.39, 0.29) is 11.7 Å². The Balaban J connectivity index is 1.43. The van der Waals surface area contributed by atoms with Gasteiger partial charge in [-0.05, 0) is 74.4 Å². The van der Waals surface area contributed by atoms with Crippen molar-refractivity contribution in [1.82, 2.24) is 10.2 Å². The zero-order valence-corrected chi connectivity index (χ0v) is 21.4. The summed E-state index contributed by atoms with van der Waals surface area (Å²) < 4.78 is 25.1. The number of benzene rings is 2. The number of hydrogen-bond acceptors (Lipinski definition) is 5. The Morgan fingerprint density at radius 3 is 2.71 bits per heavy atom. The Labute approximate surface area is 208 Å². The monoisotopic (exact) mass is 483 g/mol. The lowest BCUT2D eigenvalue weighted by Gasteiger charge is -2.49. The molecule has 2 aromatic rings. The first-order valence-corrected chi connectivity index (χ1v) is 12.7. The summed E-state index contributed by atoms with van der Waals surface area (Å²) in [6.45, 7) is 9.93. The summed E-state index contributed by atoms with van der Waals surface area (Å²) in [5.41, 5.74) is 4.92. The maximum atomic E-state index is 13.9. The Hall–Kier alpha value is -2.80. The standard InChI is InChI=1S/C28H38FN3O3/c1-19-20(2)27(35-16-6-13-30-21(3)33)12-10-24(19)26-8-5-7-23-18-31(14-15-32(23)26)22-9-11-25(29)28(17-22)34-4/h9-12,17,23,26H,5-8,13-16,18H2,1-4H3,(H,30,33)/t23-,26?/m0/s1. The van der Waals surface area contributed by atoms with Gasteiger partial charge in [-0.1, -0.05) is 6.07 Å². The van der Waals surface area contributed by atoms with Gasteiger partial charge in [0, 0.05) is 56.9 Å². The number of carbonyl (C=O) groups excluding carboxylic acids is 1. The molecule has 4 rings (SSSR count). The van der Waals surface area contributed by atoms with Crippen LogP contribution in [0, 0.1) is 19.7 Å². The van der Waals surface area contributed by atoms with Gasteiger partial charge in [0.05, 0.1) is 13.7 Å². The van der Waals surface area contributed by atoms with Crippen molar-refractivity contribution in [3.05, 3.63) is 52.8 Å². The van der Waals surface area contributed by atoms with E-state index in [1.165, 1.54) is 49.6 Å². The van der Waals surface area contributed by atoms with Crippen molar-refractivity contribution in [1.29, 1.82) is 0 Å². The summed E-state index contributed by atoms with van der Waals surface area (Å²) in [5.74, 6) is 0.899. The lowest BCUT2D eigenvalue weighted by molar-refractivity contribution is -0.118. The molecule has 0 aliphatic carbocycles. The van der Waals surface area contributed by atoms with E-state index in [1.54, 1.807) is 0 Å². The quantitative estimate of drug-likeness (QED) is 0.548. The van der Waals surface area contributed by atoms with E-state index in [9.17, 15) is 9.18 Å². The van der Waals surface area contributed by atoms with Crippen LogP contribution in [-0.4, -0.2) is 56.7 Å². The Kier molecular flexibility index (Phi) is 8.16. The molecule has 0 spiro atoms. The van der Waals surface area contributed by atoms with Gasteiger partial charge in [-0.2, -0.15) is 0 Å². The maximum absolute atomic E-state index is 13.9. The SMILES string of the molecule is COc1cc(N2CCN3C(c4ccc(OCCCNC(C)=O)c(C)c4C)CCC[C@H]3C2)ccc1F. The van der Waals surface area contributed by atoms with Crippen molar-refractivity contribution in [3.8, 4) is 11.5 Å². The number of carbonyl (C=O) groups is 1. The van der Waals surface area contributed by atoms with Crippen LogP contribution in [0.15, 0.2) is 30.3 Å². The number of hydrogen-bond donors (Lipinski definition) is 1. The minimum atomic E-state index is -0.321. The van der Waals surface area contributed by atoms with Crippen LogP contribution in [0.5, 0.6) is 11.5 Å². The molecule has 6 nitrogen and oxygen atoms in total. The van der Waals surface area contributed by atoms with Gasteiger partial charge in [0.2, 0.25) is 5.91 Å². The van der Waals surface area contributed by atoms with Crippen molar-refractivity contribution >= 4 is 11.6 Å². The first-order chi connectivity index (χ1) is 16.9. The molecular formula is C28H38FN3O3.